The van der Waals surface area contributed by atoms with Crippen LogP contribution in [0.1, 0.15) is 80.7 Å². The monoisotopic (exact) mass is 473 g/mol. The molecule has 1 aromatic rings. The second kappa shape index (κ2) is 9.34. The Bertz CT molecular complexity index is 830. The molecule has 0 spiro atoms. The molecule has 33 heavy (non-hydrogen) atoms. The van der Waals surface area contributed by atoms with Crippen LogP contribution in [0.3, 0.4) is 0 Å². The van der Waals surface area contributed by atoms with Gasteiger partial charge < -0.3 is 18.5 Å². The molecule has 0 aromatic heterocycles. The van der Waals surface area contributed by atoms with E-state index in [4.69, 9.17) is 14.0 Å². The van der Waals surface area contributed by atoms with Gasteiger partial charge in [0.15, 0.2) is 0 Å². The fourth-order valence-corrected chi connectivity index (χ4v) is 5.20. The van der Waals surface area contributed by atoms with Gasteiger partial charge in [-0.25, -0.2) is 0 Å². The van der Waals surface area contributed by atoms with Crippen LogP contribution in [0.15, 0.2) is 34.7 Å². The van der Waals surface area contributed by atoms with Crippen molar-refractivity contribution in [1.82, 2.24) is 0 Å². The fourth-order valence-electron chi connectivity index (χ4n) is 4.42. The minimum Gasteiger partial charge on any atom is -0.591 e. The quantitative estimate of drug-likeness (QED) is 0.284. The van der Waals surface area contributed by atoms with Crippen molar-refractivity contribution in [2.45, 2.75) is 109 Å². The van der Waals surface area contributed by atoms with Crippen molar-refractivity contribution in [3.05, 3.63) is 35.9 Å². The maximum Gasteiger partial charge on any atom is 0.446 e. The van der Waals surface area contributed by atoms with Crippen molar-refractivity contribution < 1.29 is 18.5 Å². The zero-order valence-corrected chi connectivity index (χ0v) is 22.8. The van der Waals surface area contributed by atoms with Crippen LogP contribution in [0, 0.1) is 5.41 Å². The molecule has 2 fully saturated rings. The smallest absolute Gasteiger partial charge is 0.446 e. The third kappa shape index (κ3) is 5.72. The lowest BCUT2D eigenvalue weighted by Gasteiger charge is -2.38. The van der Waals surface area contributed by atoms with E-state index < -0.39 is 34.3 Å². The lowest BCUT2D eigenvalue weighted by atomic mass is 9.33. The number of rotatable bonds is 8. The first-order valence-corrected chi connectivity index (χ1v) is 13.2. The largest absolute Gasteiger partial charge is 0.591 e. The molecule has 8 heteroatoms. The summed E-state index contributed by atoms with van der Waals surface area (Å²) in [6.45, 7) is 19.0. The predicted molar refractivity (Wildman–Crippen MR) is 140 cm³/mol. The van der Waals surface area contributed by atoms with E-state index >= 15 is 0 Å². The lowest BCUT2D eigenvalue weighted by molar-refractivity contribution is -0.0182. The zero-order valence-electron chi connectivity index (χ0n) is 21.9. The van der Waals surface area contributed by atoms with Gasteiger partial charge in [-0.3, -0.25) is 0 Å². The van der Waals surface area contributed by atoms with Crippen molar-refractivity contribution in [3.63, 3.8) is 0 Å². The Labute approximate surface area is 205 Å². The third-order valence-corrected chi connectivity index (χ3v) is 9.66. The first-order valence-electron chi connectivity index (χ1n) is 12.1. The molecule has 0 saturated carbocycles. The van der Waals surface area contributed by atoms with Gasteiger partial charge in [0, 0.05) is 18.4 Å². The van der Waals surface area contributed by atoms with Gasteiger partial charge in [-0.15, -0.1) is 0 Å². The summed E-state index contributed by atoms with van der Waals surface area (Å²) in [7, 11) is -0.399. The highest BCUT2D eigenvalue weighted by Crippen LogP contribution is 2.49. The van der Waals surface area contributed by atoms with E-state index in [1.165, 1.54) is 0 Å². The molecule has 0 aliphatic carbocycles. The van der Waals surface area contributed by atoms with Crippen LogP contribution < -0.4 is 0 Å². The Morgan fingerprint density at radius 1 is 1.00 bits per heavy atom. The van der Waals surface area contributed by atoms with E-state index in [9.17, 15) is 4.55 Å². The maximum atomic E-state index is 13.0. The average molecular weight is 473 g/mol. The highest BCUT2D eigenvalue weighted by molar-refractivity contribution is 7.91. The summed E-state index contributed by atoms with van der Waals surface area (Å²) in [5.74, 6) is 0. The zero-order chi connectivity index (χ0) is 24.7. The molecule has 2 unspecified atom stereocenters. The van der Waals surface area contributed by atoms with Crippen LogP contribution in [0.5, 0.6) is 0 Å². The van der Waals surface area contributed by atoms with E-state index in [-0.39, 0.29) is 17.8 Å². The van der Waals surface area contributed by atoms with Crippen molar-refractivity contribution in [2.24, 2.45) is 9.81 Å². The van der Waals surface area contributed by atoms with Crippen LogP contribution in [-0.4, -0.2) is 46.1 Å². The van der Waals surface area contributed by atoms with E-state index in [0.29, 0.717) is 12.8 Å². The number of benzene rings is 1. The molecule has 2 atom stereocenters. The van der Waals surface area contributed by atoms with Gasteiger partial charge in [-0.2, -0.15) is 0 Å². The van der Waals surface area contributed by atoms with Crippen LogP contribution in [0.4, 0.5) is 0 Å². The molecule has 5 nitrogen and oxygen atoms in total. The van der Waals surface area contributed by atoms with Crippen molar-refractivity contribution in [1.29, 1.82) is 0 Å². The Kier molecular flexibility index (Phi) is 7.59. The molecular formula is C25H41B2NO4S. The van der Waals surface area contributed by atoms with E-state index in [1.807, 2.05) is 44.2 Å². The molecule has 0 bridgehead atoms. The molecule has 3 rings (SSSR count). The van der Waals surface area contributed by atoms with Gasteiger partial charge >= 0.3 is 13.8 Å². The van der Waals surface area contributed by atoms with Gasteiger partial charge in [-0.05, 0) is 72.2 Å². The molecule has 1 aromatic carbocycles. The average Bonchev–Trinajstić information content (AvgIpc) is 3.08. The summed E-state index contributed by atoms with van der Waals surface area (Å²) >= 11 is -1.33. The number of nitrogens with zero attached hydrogens (tertiary/aromatic N) is 1. The molecule has 182 valence electrons. The lowest BCUT2D eigenvalue weighted by Crippen LogP contribution is -2.46. The molecule has 0 radical (unpaired) electrons. The fraction of sp³-hybridized carbons (Fsp3) is 0.720. The van der Waals surface area contributed by atoms with Gasteiger partial charge in [0.1, 0.15) is 16.1 Å². The summed E-state index contributed by atoms with van der Waals surface area (Å²) in [6.07, 6.45) is 4.78. The minimum absolute atomic E-state index is 0.0458. The predicted octanol–water partition coefficient (Wildman–Crippen LogP) is 5.50. The number of hydrogen-bond donors (Lipinski definition) is 0. The molecule has 0 amide bonds. The summed E-state index contributed by atoms with van der Waals surface area (Å²) in [6, 6.07) is 10.1. The van der Waals surface area contributed by atoms with Crippen molar-refractivity contribution in [3.8, 4) is 0 Å². The van der Waals surface area contributed by atoms with Crippen LogP contribution in [0.25, 0.3) is 0 Å². The van der Waals surface area contributed by atoms with E-state index in [1.54, 1.807) is 6.21 Å². The van der Waals surface area contributed by atoms with E-state index in [0.717, 1.165) is 18.3 Å². The Balaban J connectivity index is 1.60. The molecule has 2 heterocycles. The Hall–Kier alpha value is -0.790. The second-order valence-electron chi connectivity index (χ2n) is 12.1. The number of hydrogen-bond acceptors (Lipinski definition) is 5. The van der Waals surface area contributed by atoms with Crippen molar-refractivity contribution >= 4 is 31.4 Å². The van der Waals surface area contributed by atoms with Gasteiger partial charge in [0.25, 0.3) is 0 Å². The summed E-state index contributed by atoms with van der Waals surface area (Å²) in [4.78, 5) is 0. The standard InChI is InChI=1S/C25H41B2NO4S/c1-21(2)19-26(30-23(21,5)6)27-31-24(7,8)25(9,32-27)17-16-22(3,4)33(29)28-18-15-20-13-11-10-12-14-20/h10-14,18H,15-17,19H2,1-9H3. The second-order valence-corrected chi connectivity index (χ2v) is 13.9. The maximum absolute atomic E-state index is 13.0. The SMILES string of the molecule is CC(C)(CCC1(C)OB(B2CC(C)(C)C(C)(C)O2)OC1(C)C)[S+]([O-])N=CCc1ccccc1. The normalized spacial score (nSPS) is 27.5. The van der Waals surface area contributed by atoms with Gasteiger partial charge in [0.2, 0.25) is 0 Å². The highest BCUT2D eigenvalue weighted by atomic mass is 32.2. The Morgan fingerprint density at radius 2 is 1.64 bits per heavy atom. The highest BCUT2D eigenvalue weighted by Gasteiger charge is 2.63. The summed E-state index contributed by atoms with van der Waals surface area (Å²) in [5.41, 5.74) is -0.0126. The molecule has 2 saturated heterocycles. The van der Waals surface area contributed by atoms with E-state index in [2.05, 4.69) is 52.9 Å². The third-order valence-electron chi connectivity index (χ3n) is 8.17. The van der Waals surface area contributed by atoms with Crippen molar-refractivity contribution in [2.75, 3.05) is 0 Å². The molecule has 2 aliphatic rings. The Morgan fingerprint density at radius 3 is 2.21 bits per heavy atom. The van der Waals surface area contributed by atoms with Gasteiger partial charge in [-0.1, -0.05) is 48.6 Å². The van der Waals surface area contributed by atoms with Crippen LogP contribution in [-0.2, 0) is 31.7 Å². The summed E-state index contributed by atoms with van der Waals surface area (Å²) in [5, 5.41) is 0. The molecule has 0 N–H and O–H groups in total. The minimum atomic E-state index is -1.33. The van der Waals surface area contributed by atoms with Crippen LogP contribution >= 0.6 is 0 Å². The topological polar surface area (TPSA) is 63.1 Å². The first-order chi connectivity index (χ1) is 15.1. The first kappa shape index (κ1) is 26.8. The molecular weight excluding hydrogens is 432 g/mol. The molecule has 2 aliphatic heterocycles. The summed E-state index contributed by atoms with van der Waals surface area (Å²) < 4.78 is 36.2. The van der Waals surface area contributed by atoms with Gasteiger partial charge in [0.05, 0.1) is 17.4 Å². The van der Waals surface area contributed by atoms with Crippen LogP contribution in [0.2, 0.25) is 6.32 Å².